The molecule has 0 atom stereocenters. The molecule has 0 radical (unpaired) electrons. The van der Waals surface area contributed by atoms with Crippen LogP contribution in [0.25, 0.3) is 0 Å². The van der Waals surface area contributed by atoms with E-state index >= 15 is 0 Å². The van der Waals surface area contributed by atoms with Gasteiger partial charge in [-0.25, -0.2) is 8.42 Å². The van der Waals surface area contributed by atoms with E-state index in [-0.39, 0.29) is 12.4 Å². The van der Waals surface area contributed by atoms with Gasteiger partial charge in [0.1, 0.15) is 0 Å². The molecule has 0 fully saturated rings. The molecule has 4 nitrogen and oxygen atoms in total. The van der Waals surface area contributed by atoms with Gasteiger partial charge in [0.05, 0.1) is 4.90 Å². The number of benzene rings is 2. The van der Waals surface area contributed by atoms with Gasteiger partial charge in [-0.1, -0.05) is 46.3 Å². The zero-order valence-corrected chi connectivity index (χ0v) is 15.8. The third-order valence-corrected chi connectivity index (χ3v) is 5.65. The highest BCUT2D eigenvalue weighted by atomic mass is 79.9. The van der Waals surface area contributed by atoms with Crippen molar-refractivity contribution >= 4 is 38.4 Å². The van der Waals surface area contributed by atoms with Crippen LogP contribution in [-0.4, -0.2) is 25.8 Å². The van der Waals surface area contributed by atoms with Crippen LogP contribution in [0.4, 0.5) is 0 Å². The molecule has 0 unspecified atom stereocenters. The maximum absolute atomic E-state index is 12.8. The van der Waals surface area contributed by atoms with Crippen LogP contribution in [0.5, 0.6) is 0 Å². The first-order valence-electron chi connectivity index (χ1n) is 7.04. The molecule has 2 aromatic carbocycles. The van der Waals surface area contributed by atoms with Crippen LogP contribution in [0, 0.1) is 0 Å². The molecule has 0 saturated carbocycles. The van der Waals surface area contributed by atoms with Crippen LogP contribution >= 0.6 is 28.3 Å². The molecule has 0 saturated heterocycles. The average molecular weight is 420 g/mol. The molecule has 0 spiro atoms. The first-order chi connectivity index (χ1) is 10.5. The minimum absolute atomic E-state index is 0. The summed E-state index contributed by atoms with van der Waals surface area (Å²) in [7, 11) is -3.53. The highest BCUT2D eigenvalue weighted by molar-refractivity contribution is 9.10. The zero-order valence-electron chi connectivity index (χ0n) is 12.6. The van der Waals surface area contributed by atoms with Crippen LogP contribution in [0.1, 0.15) is 12.0 Å². The second-order valence-corrected chi connectivity index (χ2v) is 7.77. The van der Waals surface area contributed by atoms with Crippen molar-refractivity contribution < 1.29 is 8.42 Å². The van der Waals surface area contributed by atoms with Crippen molar-refractivity contribution in [2.75, 3.05) is 13.1 Å². The van der Waals surface area contributed by atoms with E-state index in [0.717, 1.165) is 10.0 Å². The molecule has 7 heteroatoms. The molecule has 0 aliphatic heterocycles. The lowest BCUT2D eigenvalue weighted by molar-refractivity contribution is 0.402. The lowest BCUT2D eigenvalue weighted by Crippen LogP contribution is -2.32. The Balaban J connectivity index is 0.00000264. The van der Waals surface area contributed by atoms with Crippen molar-refractivity contribution in [3.63, 3.8) is 0 Å². The first kappa shape index (κ1) is 20.1. The van der Waals surface area contributed by atoms with Gasteiger partial charge in [0.2, 0.25) is 10.0 Å². The van der Waals surface area contributed by atoms with E-state index in [2.05, 4.69) is 15.9 Å². The van der Waals surface area contributed by atoms with Crippen molar-refractivity contribution in [2.45, 2.75) is 17.9 Å². The number of nitrogens with two attached hydrogens (primary N) is 1. The highest BCUT2D eigenvalue weighted by Crippen LogP contribution is 2.21. The Morgan fingerprint density at radius 2 is 1.61 bits per heavy atom. The third kappa shape index (κ3) is 5.58. The van der Waals surface area contributed by atoms with Gasteiger partial charge in [-0.2, -0.15) is 4.31 Å². The van der Waals surface area contributed by atoms with Gasteiger partial charge < -0.3 is 5.73 Å². The number of nitrogens with zero attached hydrogens (tertiary/aromatic N) is 1. The fourth-order valence-electron chi connectivity index (χ4n) is 2.09. The second-order valence-electron chi connectivity index (χ2n) is 4.92. The van der Waals surface area contributed by atoms with E-state index in [9.17, 15) is 8.42 Å². The van der Waals surface area contributed by atoms with Crippen molar-refractivity contribution in [2.24, 2.45) is 5.73 Å². The first-order valence-corrected chi connectivity index (χ1v) is 9.27. The minimum Gasteiger partial charge on any atom is -0.330 e. The Bertz CT molecular complexity index is 694. The Hall–Kier alpha value is -0.920. The minimum atomic E-state index is -3.53. The summed E-state index contributed by atoms with van der Waals surface area (Å²) in [4.78, 5) is 0.295. The summed E-state index contributed by atoms with van der Waals surface area (Å²) in [6, 6.07) is 16.3. The molecule has 126 valence electrons. The maximum atomic E-state index is 12.8. The van der Waals surface area contributed by atoms with Crippen molar-refractivity contribution in [3.8, 4) is 0 Å². The SMILES string of the molecule is Cl.NCCCN(Cc1ccccc1)S(=O)(=O)c1ccc(Br)cc1. The van der Waals surface area contributed by atoms with Crippen LogP contribution in [0.15, 0.2) is 64.0 Å². The van der Waals surface area contributed by atoms with Crippen LogP contribution in [0.3, 0.4) is 0 Å². The monoisotopic (exact) mass is 418 g/mol. The van der Waals surface area contributed by atoms with E-state index in [1.54, 1.807) is 24.3 Å². The predicted octanol–water partition coefficient (Wildman–Crippen LogP) is 3.41. The molecule has 0 bridgehead atoms. The molecule has 0 aliphatic carbocycles. The van der Waals surface area contributed by atoms with E-state index in [1.807, 2.05) is 30.3 Å². The number of hydrogen-bond acceptors (Lipinski definition) is 3. The summed E-state index contributed by atoms with van der Waals surface area (Å²) >= 11 is 3.32. The van der Waals surface area contributed by atoms with Gasteiger partial charge in [0.25, 0.3) is 0 Å². The van der Waals surface area contributed by atoms with Crippen molar-refractivity contribution in [3.05, 3.63) is 64.6 Å². The normalized spacial score (nSPS) is 11.3. The largest absolute Gasteiger partial charge is 0.330 e. The third-order valence-electron chi connectivity index (χ3n) is 3.26. The Morgan fingerprint density at radius 1 is 1.00 bits per heavy atom. The molecule has 0 aliphatic rings. The van der Waals surface area contributed by atoms with Crippen LogP contribution < -0.4 is 5.73 Å². The Kier molecular flexibility index (Phi) is 8.22. The smallest absolute Gasteiger partial charge is 0.243 e. The van der Waals surface area contributed by atoms with Gasteiger partial charge in [-0.3, -0.25) is 0 Å². The Labute approximate surface area is 152 Å². The summed E-state index contributed by atoms with van der Waals surface area (Å²) in [5, 5.41) is 0. The average Bonchev–Trinajstić information content (AvgIpc) is 2.52. The lowest BCUT2D eigenvalue weighted by atomic mass is 10.2. The topological polar surface area (TPSA) is 63.4 Å². The molecule has 2 rings (SSSR count). The quantitative estimate of drug-likeness (QED) is 0.748. The summed E-state index contributed by atoms with van der Waals surface area (Å²) < 4.78 is 28.0. The van der Waals surface area contributed by atoms with Crippen molar-refractivity contribution in [1.29, 1.82) is 0 Å². The summed E-state index contributed by atoms with van der Waals surface area (Å²) in [5.74, 6) is 0. The molecule has 23 heavy (non-hydrogen) atoms. The molecular weight excluding hydrogens is 400 g/mol. The fourth-order valence-corrected chi connectivity index (χ4v) is 3.83. The van der Waals surface area contributed by atoms with E-state index in [1.165, 1.54) is 4.31 Å². The van der Waals surface area contributed by atoms with Gasteiger partial charge in [0, 0.05) is 17.6 Å². The molecule has 0 heterocycles. The van der Waals surface area contributed by atoms with Crippen LogP contribution in [-0.2, 0) is 16.6 Å². The lowest BCUT2D eigenvalue weighted by Gasteiger charge is -2.22. The standard InChI is InChI=1S/C16H19BrN2O2S.ClH/c17-15-7-9-16(10-8-15)22(20,21)19(12-4-11-18)13-14-5-2-1-3-6-14;/h1-3,5-10H,4,11-13,18H2;1H. The maximum Gasteiger partial charge on any atom is 0.243 e. The van der Waals surface area contributed by atoms with E-state index in [4.69, 9.17) is 5.73 Å². The van der Waals surface area contributed by atoms with E-state index < -0.39 is 10.0 Å². The number of sulfonamides is 1. The number of rotatable bonds is 7. The molecule has 2 N–H and O–H groups in total. The van der Waals surface area contributed by atoms with Gasteiger partial charge >= 0.3 is 0 Å². The summed E-state index contributed by atoms with van der Waals surface area (Å²) in [6.07, 6.45) is 0.628. The zero-order chi connectivity index (χ0) is 16.0. The molecule has 0 aromatic heterocycles. The van der Waals surface area contributed by atoms with Gasteiger partial charge in [-0.05, 0) is 42.8 Å². The second kappa shape index (κ2) is 9.39. The van der Waals surface area contributed by atoms with Gasteiger partial charge in [0.15, 0.2) is 0 Å². The van der Waals surface area contributed by atoms with E-state index in [0.29, 0.717) is 31.0 Å². The number of hydrogen-bond donors (Lipinski definition) is 1. The summed E-state index contributed by atoms with van der Waals surface area (Å²) in [5.41, 5.74) is 6.50. The fraction of sp³-hybridized carbons (Fsp3) is 0.250. The van der Waals surface area contributed by atoms with Gasteiger partial charge in [-0.15, -0.1) is 12.4 Å². The molecular formula is C16H20BrClN2O2S. The molecule has 2 aromatic rings. The van der Waals surface area contributed by atoms with Crippen LogP contribution in [0.2, 0.25) is 0 Å². The predicted molar refractivity (Wildman–Crippen MR) is 99.1 cm³/mol. The highest BCUT2D eigenvalue weighted by Gasteiger charge is 2.24. The van der Waals surface area contributed by atoms with Crippen molar-refractivity contribution in [1.82, 2.24) is 4.31 Å². The number of halogens is 2. The Morgan fingerprint density at radius 3 is 2.17 bits per heavy atom. The summed E-state index contributed by atoms with van der Waals surface area (Å²) in [6.45, 7) is 1.21. The molecule has 0 amide bonds.